The Morgan fingerprint density at radius 2 is 1.76 bits per heavy atom. The molecule has 3 atom stereocenters. The summed E-state index contributed by atoms with van der Waals surface area (Å²) in [6.45, 7) is 7.70. The van der Waals surface area contributed by atoms with Crippen LogP contribution in [0.3, 0.4) is 0 Å². The van der Waals surface area contributed by atoms with Crippen LogP contribution in [0.2, 0.25) is 0 Å². The fourth-order valence-corrected chi connectivity index (χ4v) is 5.16. The fourth-order valence-electron chi connectivity index (χ4n) is 4.09. The first-order chi connectivity index (χ1) is 13.7. The molecule has 1 aromatic heterocycles. The molecular weight excluding hydrogens is 388 g/mol. The van der Waals surface area contributed by atoms with Gasteiger partial charge < -0.3 is 14.8 Å². The Morgan fingerprint density at radius 3 is 2.28 bits per heavy atom. The highest BCUT2D eigenvalue weighted by Gasteiger charge is 2.54. The van der Waals surface area contributed by atoms with Gasteiger partial charge in [-0.25, -0.2) is 9.78 Å². The normalized spacial score (nSPS) is 24.1. The lowest BCUT2D eigenvalue weighted by molar-refractivity contribution is -0.150. The maximum Gasteiger partial charge on any atom is 0.336 e. The SMILES string of the molecule is COC(=O)C1=C(C)NC(C)(c2ccccc2)C(C(=O)OC)C1c1nc(C)c(C)s1. The Labute approximate surface area is 174 Å². The second-order valence-electron chi connectivity index (χ2n) is 7.40. The fraction of sp³-hybridized carbons (Fsp3) is 0.409. The van der Waals surface area contributed by atoms with Crippen molar-refractivity contribution in [3.05, 3.63) is 62.7 Å². The van der Waals surface area contributed by atoms with E-state index < -0.39 is 29.3 Å². The van der Waals surface area contributed by atoms with Crippen molar-refractivity contribution in [2.45, 2.75) is 39.2 Å². The minimum Gasteiger partial charge on any atom is -0.469 e. The second kappa shape index (κ2) is 7.99. The molecule has 29 heavy (non-hydrogen) atoms. The molecule has 0 saturated carbocycles. The number of carbonyl (C=O) groups excluding carboxylic acids is 2. The van der Waals surface area contributed by atoms with E-state index in [0.717, 1.165) is 16.1 Å². The molecule has 2 aromatic rings. The molecule has 0 amide bonds. The van der Waals surface area contributed by atoms with Gasteiger partial charge in [-0.05, 0) is 33.3 Å². The number of allylic oxidation sites excluding steroid dienone is 1. The van der Waals surface area contributed by atoms with Gasteiger partial charge in [0.25, 0.3) is 0 Å². The van der Waals surface area contributed by atoms with E-state index in [1.165, 1.54) is 25.6 Å². The van der Waals surface area contributed by atoms with Crippen LogP contribution in [0.1, 0.15) is 40.9 Å². The molecule has 0 saturated heterocycles. The van der Waals surface area contributed by atoms with Crippen LogP contribution in [-0.4, -0.2) is 31.1 Å². The van der Waals surface area contributed by atoms with E-state index in [9.17, 15) is 9.59 Å². The van der Waals surface area contributed by atoms with Crippen LogP contribution in [0.5, 0.6) is 0 Å². The van der Waals surface area contributed by atoms with Gasteiger partial charge in [0.1, 0.15) is 5.01 Å². The zero-order valence-electron chi connectivity index (χ0n) is 17.5. The molecule has 154 valence electrons. The van der Waals surface area contributed by atoms with Gasteiger partial charge in [-0.1, -0.05) is 30.3 Å². The van der Waals surface area contributed by atoms with Crippen molar-refractivity contribution >= 4 is 23.3 Å². The number of ether oxygens (including phenoxy) is 2. The minimum atomic E-state index is -0.798. The van der Waals surface area contributed by atoms with E-state index in [1.807, 2.05) is 58.0 Å². The Balaban J connectivity index is 2.31. The summed E-state index contributed by atoms with van der Waals surface area (Å²) in [5.74, 6) is -2.18. The molecule has 0 fully saturated rings. The molecule has 1 aliphatic heterocycles. The van der Waals surface area contributed by atoms with Gasteiger partial charge in [-0.2, -0.15) is 0 Å². The summed E-state index contributed by atoms with van der Waals surface area (Å²) in [5, 5.41) is 4.12. The maximum absolute atomic E-state index is 13.1. The number of carbonyl (C=O) groups is 2. The predicted molar refractivity (Wildman–Crippen MR) is 111 cm³/mol. The standard InChI is InChI=1S/C22H26N2O4S/c1-12-14(3)29-19(23-12)17-16(20(25)27-5)13(2)24-22(4,18(17)21(26)28-6)15-10-8-7-9-11-15/h7-11,17-18,24H,1-6H3. The quantitative estimate of drug-likeness (QED) is 0.771. The number of hydrogen-bond acceptors (Lipinski definition) is 7. The molecule has 6 nitrogen and oxygen atoms in total. The number of nitrogens with one attached hydrogen (secondary N) is 1. The van der Waals surface area contributed by atoms with Crippen molar-refractivity contribution in [3.8, 4) is 0 Å². The molecule has 7 heteroatoms. The molecule has 0 spiro atoms. The topological polar surface area (TPSA) is 77.5 Å². The number of methoxy groups -OCH3 is 2. The van der Waals surface area contributed by atoms with E-state index in [2.05, 4.69) is 5.32 Å². The van der Waals surface area contributed by atoms with Crippen molar-refractivity contribution in [1.82, 2.24) is 10.3 Å². The molecule has 0 radical (unpaired) electrons. The van der Waals surface area contributed by atoms with E-state index in [-0.39, 0.29) is 0 Å². The van der Waals surface area contributed by atoms with Crippen LogP contribution in [0.15, 0.2) is 41.6 Å². The van der Waals surface area contributed by atoms with Gasteiger partial charge in [0, 0.05) is 10.6 Å². The lowest BCUT2D eigenvalue weighted by Crippen LogP contribution is -2.55. The highest BCUT2D eigenvalue weighted by atomic mass is 32.1. The minimum absolute atomic E-state index is 0.407. The first-order valence-corrected chi connectivity index (χ1v) is 10.2. The van der Waals surface area contributed by atoms with Crippen molar-refractivity contribution in [1.29, 1.82) is 0 Å². The summed E-state index contributed by atoms with van der Waals surface area (Å²) in [7, 11) is 2.71. The van der Waals surface area contributed by atoms with E-state index in [4.69, 9.17) is 14.5 Å². The number of nitrogens with zero attached hydrogens (tertiary/aromatic N) is 1. The maximum atomic E-state index is 13.1. The third-order valence-electron chi connectivity index (χ3n) is 5.66. The average Bonchev–Trinajstić information content (AvgIpc) is 3.05. The number of aryl methyl sites for hydroxylation is 2. The second-order valence-corrected chi connectivity index (χ2v) is 8.63. The summed E-state index contributed by atoms with van der Waals surface area (Å²) < 4.78 is 10.3. The summed E-state index contributed by atoms with van der Waals surface area (Å²) in [6, 6.07) is 9.72. The van der Waals surface area contributed by atoms with Crippen molar-refractivity contribution < 1.29 is 19.1 Å². The van der Waals surface area contributed by atoms with Crippen molar-refractivity contribution in [2.75, 3.05) is 14.2 Å². The molecule has 0 bridgehead atoms. The summed E-state index contributed by atoms with van der Waals surface area (Å²) >= 11 is 1.49. The lowest BCUT2D eigenvalue weighted by atomic mass is 9.67. The Bertz CT molecular complexity index is 947. The van der Waals surface area contributed by atoms with Crippen molar-refractivity contribution in [2.24, 2.45) is 5.92 Å². The first-order valence-electron chi connectivity index (χ1n) is 9.39. The van der Waals surface area contributed by atoms with E-state index in [1.54, 1.807) is 0 Å². The van der Waals surface area contributed by atoms with Gasteiger partial charge in [0.15, 0.2) is 0 Å². The third-order valence-corrected chi connectivity index (χ3v) is 6.82. The van der Waals surface area contributed by atoms with E-state index >= 15 is 0 Å². The molecule has 3 unspecified atom stereocenters. The highest BCUT2D eigenvalue weighted by Crippen LogP contribution is 2.49. The van der Waals surface area contributed by atoms with Gasteiger partial charge in [0.2, 0.25) is 0 Å². The molecule has 1 aliphatic rings. The van der Waals surface area contributed by atoms with Crippen LogP contribution >= 0.6 is 11.3 Å². The van der Waals surface area contributed by atoms with Gasteiger partial charge in [-0.3, -0.25) is 4.79 Å². The van der Waals surface area contributed by atoms with Crippen LogP contribution in [0, 0.1) is 19.8 Å². The van der Waals surface area contributed by atoms with Crippen LogP contribution in [0.25, 0.3) is 0 Å². The number of esters is 2. The Kier molecular flexibility index (Phi) is 5.80. The van der Waals surface area contributed by atoms with Gasteiger partial charge >= 0.3 is 11.9 Å². The predicted octanol–water partition coefficient (Wildman–Crippen LogP) is 3.60. The lowest BCUT2D eigenvalue weighted by Gasteiger charge is -2.46. The number of thiazole rings is 1. The molecular formula is C22H26N2O4S. The van der Waals surface area contributed by atoms with E-state index in [0.29, 0.717) is 16.3 Å². The third kappa shape index (κ3) is 3.55. The average molecular weight is 415 g/mol. The zero-order valence-corrected chi connectivity index (χ0v) is 18.3. The van der Waals surface area contributed by atoms with Crippen LogP contribution < -0.4 is 5.32 Å². The smallest absolute Gasteiger partial charge is 0.336 e. The number of hydrogen-bond donors (Lipinski definition) is 1. The first kappa shape index (κ1) is 21.0. The summed E-state index contributed by atoms with van der Waals surface area (Å²) in [5.41, 5.74) is 2.08. The number of aromatic nitrogens is 1. The Morgan fingerprint density at radius 1 is 1.10 bits per heavy atom. The number of benzene rings is 1. The molecule has 1 N–H and O–H groups in total. The van der Waals surface area contributed by atoms with Crippen LogP contribution in [-0.2, 0) is 24.6 Å². The highest BCUT2D eigenvalue weighted by molar-refractivity contribution is 7.11. The molecule has 2 heterocycles. The molecule has 3 rings (SSSR count). The van der Waals surface area contributed by atoms with Crippen LogP contribution in [0.4, 0.5) is 0 Å². The number of rotatable bonds is 4. The molecule has 1 aromatic carbocycles. The summed E-state index contributed by atoms with van der Waals surface area (Å²) in [4.78, 5) is 31.6. The van der Waals surface area contributed by atoms with Gasteiger partial charge in [-0.15, -0.1) is 11.3 Å². The zero-order chi connectivity index (χ0) is 21.3. The largest absolute Gasteiger partial charge is 0.469 e. The summed E-state index contributed by atoms with van der Waals surface area (Å²) in [6.07, 6.45) is 0. The van der Waals surface area contributed by atoms with Gasteiger partial charge in [0.05, 0.1) is 42.9 Å². The van der Waals surface area contributed by atoms with Crippen molar-refractivity contribution in [3.63, 3.8) is 0 Å². The monoisotopic (exact) mass is 414 g/mol. The Hall–Kier alpha value is -2.67. The molecule has 0 aliphatic carbocycles.